The van der Waals surface area contributed by atoms with E-state index in [4.69, 9.17) is 0 Å². The number of fused-ring (bicyclic) bond motifs is 1. The zero-order valence-corrected chi connectivity index (χ0v) is 16.7. The summed E-state index contributed by atoms with van der Waals surface area (Å²) in [4.78, 5) is 53.6. The van der Waals surface area contributed by atoms with Crippen molar-refractivity contribution in [3.05, 3.63) is 11.8 Å². The molecule has 0 bridgehead atoms. The molecule has 0 aliphatic carbocycles. The molecule has 2 saturated heterocycles. The summed E-state index contributed by atoms with van der Waals surface area (Å²) in [5.74, 6) is -0.492. The number of likely N-dealkylation sites (tertiary alicyclic amines) is 1. The molecule has 152 valence electrons. The van der Waals surface area contributed by atoms with Gasteiger partial charge in [-0.25, -0.2) is 14.3 Å². The van der Waals surface area contributed by atoms with Crippen LogP contribution in [0.3, 0.4) is 0 Å². The van der Waals surface area contributed by atoms with Crippen LogP contribution < -0.4 is 5.32 Å². The van der Waals surface area contributed by atoms with Crippen molar-refractivity contribution in [3.63, 3.8) is 0 Å². The molecule has 1 unspecified atom stereocenters. The Balaban J connectivity index is 1.68. The van der Waals surface area contributed by atoms with Crippen LogP contribution >= 0.6 is 0 Å². The number of hydrogen-bond donors (Lipinski definition) is 1. The van der Waals surface area contributed by atoms with Gasteiger partial charge in [-0.15, -0.1) is 0 Å². The highest BCUT2D eigenvalue weighted by Gasteiger charge is 2.51. The van der Waals surface area contributed by atoms with E-state index in [-0.39, 0.29) is 17.7 Å². The molecule has 1 atom stereocenters. The van der Waals surface area contributed by atoms with Crippen LogP contribution in [-0.2, 0) is 14.4 Å². The smallest absolute Gasteiger partial charge is 0.349 e. The van der Waals surface area contributed by atoms with Gasteiger partial charge in [-0.1, -0.05) is 6.92 Å². The van der Waals surface area contributed by atoms with Crippen molar-refractivity contribution in [1.82, 2.24) is 20.0 Å². The van der Waals surface area contributed by atoms with Gasteiger partial charge in [-0.2, -0.15) is 4.90 Å². The lowest BCUT2D eigenvalue weighted by molar-refractivity contribution is -0.473. The maximum atomic E-state index is 12.8. The molecule has 1 N–H and O–H groups in total. The van der Waals surface area contributed by atoms with E-state index in [9.17, 15) is 19.2 Å². The molecule has 3 aliphatic heterocycles. The van der Waals surface area contributed by atoms with Crippen molar-refractivity contribution >= 4 is 29.6 Å². The SMILES string of the molecule is CCC[N+]1=C2C(C=C1C(=O)NCCCN1CCCC1=O)C(=O)N(C)C(=O)N2C. The summed E-state index contributed by atoms with van der Waals surface area (Å²) < 4.78 is 1.77. The summed E-state index contributed by atoms with van der Waals surface area (Å²) in [6.07, 6.45) is 4.60. The summed E-state index contributed by atoms with van der Waals surface area (Å²) >= 11 is 0. The largest absolute Gasteiger partial charge is 0.417 e. The number of carbonyl (C=O) groups is 4. The summed E-state index contributed by atoms with van der Waals surface area (Å²) in [7, 11) is 3.08. The molecule has 3 aliphatic rings. The number of urea groups is 1. The maximum Gasteiger partial charge on any atom is 0.417 e. The average molecular weight is 390 g/mol. The standard InChI is InChI=1S/C19H27N5O4/c1-4-9-24-14(12-13-17(24)21(2)19(28)22(3)18(13)27)16(26)20-8-6-11-23-10-5-7-15(23)25/h12-13H,4-11H2,1-3H3/p+1. The van der Waals surface area contributed by atoms with Crippen molar-refractivity contribution in [2.45, 2.75) is 32.6 Å². The number of nitrogens with zero attached hydrogens (tertiary/aromatic N) is 4. The Kier molecular flexibility index (Phi) is 5.81. The maximum absolute atomic E-state index is 12.8. The van der Waals surface area contributed by atoms with Crippen molar-refractivity contribution in [2.75, 3.05) is 40.3 Å². The molecule has 28 heavy (non-hydrogen) atoms. The molecular formula is C19H28N5O4+. The van der Waals surface area contributed by atoms with Crippen LogP contribution in [-0.4, -0.2) is 89.1 Å². The second-order valence-corrected chi connectivity index (χ2v) is 7.37. The summed E-state index contributed by atoms with van der Waals surface area (Å²) in [5, 5.41) is 2.89. The minimum Gasteiger partial charge on any atom is -0.349 e. The molecule has 0 spiro atoms. The third kappa shape index (κ3) is 3.53. The number of rotatable bonds is 7. The van der Waals surface area contributed by atoms with E-state index < -0.39 is 11.9 Å². The van der Waals surface area contributed by atoms with Crippen molar-refractivity contribution in [2.24, 2.45) is 5.92 Å². The third-order valence-corrected chi connectivity index (χ3v) is 5.43. The number of imide groups is 1. The summed E-state index contributed by atoms with van der Waals surface area (Å²) in [5.41, 5.74) is 0.405. The molecule has 0 aromatic rings. The Bertz CT molecular complexity index is 772. The summed E-state index contributed by atoms with van der Waals surface area (Å²) in [6.45, 7) is 4.40. The van der Waals surface area contributed by atoms with Gasteiger partial charge in [0.2, 0.25) is 5.91 Å². The fraction of sp³-hybridized carbons (Fsp3) is 0.632. The molecule has 5 amide bonds. The number of amidine groups is 1. The molecule has 9 heteroatoms. The predicted molar refractivity (Wildman–Crippen MR) is 101 cm³/mol. The van der Waals surface area contributed by atoms with Crippen LogP contribution in [0.5, 0.6) is 0 Å². The van der Waals surface area contributed by atoms with Gasteiger partial charge in [0.05, 0.1) is 13.6 Å². The van der Waals surface area contributed by atoms with Crippen molar-refractivity contribution in [1.29, 1.82) is 0 Å². The fourth-order valence-corrected chi connectivity index (χ4v) is 3.97. The van der Waals surface area contributed by atoms with Gasteiger partial charge >= 0.3 is 6.03 Å². The van der Waals surface area contributed by atoms with E-state index in [1.807, 2.05) is 11.8 Å². The first-order valence-electron chi connectivity index (χ1n) is 9.84. The number of amides is 5. The van der Waals surface area contributed by atoms with Crippen LogP contribution in [0.4, 0.5) is 4.79 Å². The normalized spacial score (nSPS) is 22.2. The van der Waals surface area contributed by atoms with E-state index >= 15 is 0 Å². The van der Waals surface area contributed by atoms with Gasteiger partial charge in [0, 0.05) is 33.1 Å². The quantitative estimate of drug-likeness (QED) is 0.488. The molecule has 0 aromatic carbocycles. The Hall–Kier alpha value is -2.71. The van der Waals surface area contributed by atoms with E-state index in [0.29, 0.717) is 44.0 Å². The Morgan fingerprint density at radius 2 is 2.00 bits per heavy atom. The number of nitrogens with one attached hydrogen (secondary N) is 1. The fourth-order valence-electron chi connectivity index (χ4n) is 3.97. The molecule has 3 rings (SSSR count). The van der Waals surface area contributed by atoms with Crippen molar-refractivity contribution < 1.29 is 23.8 Å². The third-order valence-electron chi connectivity index (χ3n) is 5.43. The van der Waals surface area contributed by atoms with Gasteiger partial charge < -0.3 is 10.2 Å². The second-order valence-electron chi connectivity index (χ2n) is 7.37. The lowest BCUT2D eigenvalue weighted by Crippen LogP contribution is -2.57. The highest BCUT2D eigenvalue weighted by Crippen LogP contribution is 2.26. The minimum absolute atomic E-state index is 0.176. The number of carbonyl (C=O) groups excluding carboxylic acids is 4. The van der Waals surface area contributed by atoms with E-state index in [1.54, 1.807) is 17.7 Å². The highest BCUT2D eigenvalue weighted by molar-refractivity contribution is 6.19. The molecule has 9 nitrogen and oxygen atoms in total. The Morgan fingerprint density at radius 1 is 1.25 bits per heavy atom. The first-order valence-corrected chi connectivity index (χ1v) is 9.84. The molecule has 2 fully saturated rings. The van der Waals surface area contributed by atoms with Gasteiger partial charge in [0.1, 0.15) is 0 Å². The predicted octanol–water partition coefficient (Wildman–Crippen LogP) is -0.0264. The van der Waals surface area contributed by atoms with Gasteiger partial charge in [0.25, 0.3) is 17.6 Å². The monoisotopic (exact) mass is 390 g/mol. The van der Waals surface area contributed by atoms with Gasteiger partial charge in [0.15, 0.2) is 11.6 Å². The van der Waals surface area contributed by atoms with Crippen LogP contribution in [0.25, 0.3) is 0 Å². The lowest BCUT2D eigenvalue weighted by atomic mass is 10.0. The average Bonchev–Trinajstić information content (AvgIpc) is 3.26. The van der Waals surface area contributed by atoms with Crippen molar-refractivity contribution in [3.8, 4) is 0 Å². The highest BCUT2D eigenvalue weighted by atomic mass is 16.2. The van der Waals surface area contributed by atoms with E-state index in [0.717, 1.165) is 24.3 Å². The molecule has 0 radical (unpaired) electrons. The van der Waals surface area contributed by atoms with Crippen LogP contribution in [0, 0.1) is 5.92 Å². The zero-order chi connectivity index (χ0) is 20.4. The molecule has 3 heterocycles. The Labute approximate surface area is 164 Å². The van der Waals surface area contributed by atoms with E-state index in [2.05, 4.69) is 5.32 Å². The van der Waals surface area contributed by atoms with Gasteiger partial charge in [-0.05, 0) is 25.3 Å². The first kappa shape index (κ1) is 20.0. The summed E-state index contributed by atoms with van der Waals surface area (Å²) in [6, 6.07) is -0.400. The zero-order valence-electron chi connectivity index (χ0n) is 16.7. The molecular weight excluding hydrogens is 362 g/mol. The van der Waals surface area contributed by atoms with Gasteiger partial charge in [-0.3, -0.25) is 14.4 Å². The first-order chi connectivity index (χ1) is 13.4. The van der Waals surface area contributed by atoms with Crippen LogP contribution in [0.2, 0.25) is 0 Å². The van der Waals surface area contributed by atoms with E-state index in [1.165, 1.54) is 11.9 Å². The van der Waals surface area contributed by atoms with Crippen LogP contribution in [0.15, 0.2) is 11.8 Å². The van der Waals surface area contributed by atoms with Crippen LogP contribution in [0.1, 0.15) is 32.6 Å². The molecule has 0 saturated carbocycles. The topological polar surface area (TPSA) is 93.0 Å². The second kappa shape index (κ2) is 8.12. The minimum atomic E-state index is -0.623. The Morgan fingerprint density at radius 3 is 2.64 bits per heavy atom. The molecule has 0 aromatic heterocycles. The lowest BCUT2D eigenvalue weighted by Gasteiger charge is -2.27. The number of hydrogen-bond acceptors (Lipinski definition) is 4.